The summed E-state index contributed by atoms with van der Waals surface area (Å²) in [6, 6.07) is 0. The van der Waals surface area contributed by atoms with Crippen LogP contribution in [0.3, 0.4) is 0 Å². The van der Waals surface area contributed by atoms with Gasteiger partial charge in [-0.3, -0.25) is 0 Å². The number of hydrogen-bond acceptors (Lipinski definition) is 1. The molecule has 0 aromatic carbocycles. The summed E-state index contributed by atoms with van der Waals surface area (Å²) in [5.74, 6) is 0. The highest BCUT2D eigenvalue weighted by molar-refractivity contribution is 8.20. The number of hydrogen-bond donors (Lipinski definition) is 0. The highest BCUT2D eigenvalue weighted by Gasteiger charge is 2.38. The standard InChI is InChI=1S/C7H21SSi3/c1-9(2,3)11(7,8)10(4,5)6/h1-7H3/q-1. The second-order valence-electron chi connectivity index (χ2n) is 5.53. The van der Waals surface area contributed by atoms with Crippen LogP contribution in [-0.4, -0.2) is 21.4 Å². The van der Waals surface area contributed by atoms with Crippen LogP contribution in [0.25, 0.3) is 0 Å². The molecule has 0 aliphatic heterocycles. The minimum atomic E-state index is -1.25. The van der Waals surface area contributed by atoms with Crippen molar-refractivity contribution < 1.29 is 0 Å². The fourth-order valence-electron chi connectivity index (χ4n) is 1.12. The fraction of sp³-hybridized carbons (Fsp3) is 1.00. The third kappa shape index (κ3) is 2.47. The zero-order chi connectivity index (χ0) is 9.50. The lowest BCUT2D eigenvalue weighted by Gasteiger charge is -2.55. The predicted octanol–water partition coefficient (Wildman–Crippen LogP) is 2.94. The maximum Gasteiger partial charge on any atom is 0.0116 e. The first-order valence-corrected chi connectivity index (χ1v) is 16.8. The normalized spacial score (nSPS) is 15.3. The summed E-state index contributed by atoms with van der Waals surface area (Å²) in [4.78, 5) is 0. The summed E-state index contributed by atoms with van der Waals surface area (Å²) < 4.78 is 0. The Balaban J connectivity index is 4.75. The van der Waals surface area contributed by atoms with Crippen molar-refractivity contribution in [3.63, 3.8) is 0 Å². The van der Waals surface area contributed by atoms with Crippen LogP contribution in [0, 0.1) is 0 Å². The third-order valence-corrected chi connectivity index (χ3v) is 50.3. The second kappa shape index (κ2) is 3.05. The first-order chi connectivity index (χ1) is 4.50. The Morgan fingerprint density at radius 3 is 0.818 bits per heavy atom. The van der Waals surface area contributed by atoms with Crippen molar-refractivity contribution in [2.24, 2.45) is 0 Å². The van der Waals surface area contributed by atoms with Crippen LogP contribution < -0.4 is 0 Å². The molecule has 0 rings (SSSR count). The van der Waals surface area contributed by atoms with Gasteiger partial charge in [0.05, 0.1) is 0 Å². The van der Waals surface area contributed by atoms with Crippen molar-refractivity contribution in [1.29, 1.82) is 0 Å². The lowest BCUT2D eigenvalue weighted by atomic mass is 11.8. The first kappa shape index (κ1) is 12.0. The second-order valence-corrected chi connectivity index (χ2v) is 37.7. The van der Waals surface area contributed by atoms with E-state index in [-0.39, 0.29) is 0 Å². The van der Waals surface area contributed by atoms with Gasteiger partial charge in [0.15, 0.2) is 0 Å². The molecule has 0 nitrogen and oxygen atoms in total. The van der Waals surface area contributed by atoms with Crippen LogP contribution in [0.1, 0.15) is 0 Å². The van der Waals surface area contributed by atoms with Gasteiger partial charge in [-0.15, -0.1) is 0 Å². The lowest BCUT2D eigenvalue weighted by Crippen LogP contribution is -2.68. The van der Waals surface area contributed by atoms with E-state index >= 15 is 0 Å². The van der Waals surface area contributed by atoms with Gasteiger partial charge < -0.3 is 12.1 Å². The summed E-state index contributed by atoms with van der Waals surface area (Å²) in [5.41, 5.74) is 0. The molecule has 4 heteroatoms. The predicted molar refractivity (Wildman–Crippen MR) is 65.7 cm³/mol. The molecule has 0 saturated carbocycles. The Hall–Kier alpha value is 1.00. The molecule has 0 aromatic heterocycles. The summed E-state index contributed by atoms with van der Waals surface area (Å²) in [6.07, 6.45) is -1.25. The molecular formula is C7H21SSi3-. The van der Waals surface area contributed by atoms with Gasteiger partial charge >= 0.3 is 0 Å². The maximum atomic E-state index is 5.88. The van der Waals surface area contributed by atoms with Crippen LogP contribution in [0.15, 0.2) is 0 Å². The minimum absolute atomic E-state index is 1.00. The highest BCUT2D eigenvalue weighted by Crippen LogP contribution is 2.26. The van der Waals surface area contributed by atoms with E-state index in [1.54, 1.807) is 0 Å². The summed E-state index contributed by atoms with van der Waals surface area (Å²) in [7, 11) is -2.01. The Morgan fingerprint density at radius 1 is 0.636 bits per heavy atom. The molecule has 0 N–H and O–H groups in total. The van der Waals surface area contributed by atoms with E-state index in [1.807, 2.05) is 0 Å². The molecule has 0 radical (unpaired) electrons. The monoisotopic (exact) mass is 221 g/mol. The van der Waals surface area contributed by atoms with Gasteiger partial charge in [0, 0.05) is 15.2 Å². The zero-order valence-corrected chi connectivity index (χ0v) is 12.7. The molecule has 0 amide bonds. The van der Waals surface area contributed by atoms with Gasteiger partial charge in [-0.25, -0.2) is 0 Å². The molecule has 0 aliphatic rings. The van der Waals surface area contributed by atoms with E-state index in [0.717, 1.165) is 0 Å². The Morgan fingerprint density at radius 2 is 0.818 bits per heavy atom. The van der Waals surface area contributed by atoms with Gasteiger partial charge in [0.1, 0.15) is 0 Å². The smallest absolute Gasteiger partial charge is 0.0116 e. The van der Waals surface area contributed by atoms with E-state index in [4.69, 9.17) is 12.1 Å². The Labute approximate surface area is 79.4 Å². The van der Waals surface area contributed by atoms with Crippen molar-refractivity contribution in [1.82, 2.24) is 0 Å². The largest absolute Gasteiger partial charge is 0.800 e. The molecule has 0 saturated heterocycles. The molecule has 68 valence electrons. The van der Waals surface area contributed by atoms with E-state index in [2.05, 4.69) is 45.8 Å². The van der Waals surface area contributed by atoms with Crippen molar-refractivity contribution >= 4 is 33.5 Å². The molecule has 0 fully saturated rings. The summed E-state index contributed by atoms with van der Waals surface area (Å²) in [5, 5.41) is 0. The number of rotatable bonds is 2. The van der Waals surface area contributed by atoms with Crippen LogP contribution in [0.2, 0.25) is 45.8 Å². The van der Waals surface area contributed by atoms with Crippen molar-refractivity contribution in [2.75, 3.05) is 0 Å². The van der Waals surface area contributed by atoms with Crippen molar-refractivity contribution in [3.8, 4) is 0 Å². The lowest BCUT2D eigenvalue weighted by molar-refractivity contribution is 1.77. The van der Waals surface area contributed by atoms with Crippen molar-refractivity contribution in [2.45, 2.75) is 45.8 Å². The molecule has 11 heavy (non-hydrogen) atoms. The molecule has 0 spiro atoms. The summed E-state index contributed by atoms with van der Waals surface area (Å²) in [6.45, 7) is 17.1. The average molecular weight is 222 g/mol. The van der Waals surface area contributed by atoms with Crippen molar-refractivity contribution in [3.05, 3.63) is 0 Å². The Bertz CT molecular complexity index is 125. The molecule has 0 heterocycles. The highest BCUT2D eigenvalue weighted by atomic mass is 32.3. The molecule has 0 atom stereocenters. The quantitative estimate of drug-likeness (QED) is 0.510. The average Bonchev–Trinajstić information content (AvgIpc) is 1.58. The van der Waals surface area contributed by atoms with Gasteiger partial charge in [0.2, 0.25) is 0 Å². The molecule has 0 bridgehead atoms. The molecular weight excluding hydrogens is 200 g/mol. The zero-order valence-electron chi connectivity index (χ0n) is 8.91. The van der Waals surface area contributed by atoms with Crippen LogP contribution in [-0.2, 0) is 12.1 Å². The van der Waals surface area contributed by atoms with Crippen LogP contribution >= 0.6 is 0 Å². The topological polar surface area (TPSA) is 0 Å². The maximum absolute atomic E-state index is 5.88. The first-order valence-electron chi connectivity index (χ1n) is 4.20. The van der Waals surface area contributed by atoms with Gasteiger partial charge in [-0.1, -0.05) is 52.1 Å². The third-order valence-electron chi connectivity index (χ3n) is 2.86. The van der Waals surface area contributed by atoms with Gasteiger partial charge in [-0.2, -0.15) is 0 Å². The summed E-state index contributed by atoms with van der Waals surface area (Å²) >= 11 is 5.88. The van der Waals surface area contributed by atoms with E-state index in [0.29, 0.717) is 0 Å². The van der Waals surface area contributed by atoms with Gasteiger partial charge in [-0.05, 0) is 0 Å². The minimum Gasteiger partial charge on any atom is -0.800 e. The van der Waals surface area contributed by atoms with E-state index in [9.17, 15) is 0 Å². The molecule has 0 aliphatic carbocycles. The van der Waals surface area contributed by atoms with E-state index in [1.165, 1.54) is 0 Å². The van der Waals surface area contributed by atoms with Crippen LogP contribution in [0.5, 0.6) is 0 Å². The van der Waals surface area contributed by atoms with Gasteiger partial charge in [0.25, 0.3) is 0 Å². The SMILES string of the molecule is C[Si](C)(C)[Si](C)([S-])[Si](C)(C)C. The van der Waals surface area contributed by atoms with Crippen LogP contribution in [0.4, 0.5) is 0 Å². The Kier molecular flexibility index (Phi) is 3.32. The van der Waals surface area contributed by atoms with E-state index < -0.39 is 21.4 Å². The molecule has 0 aromatic rings. The fourth-order valence-corrected chi connectivity index (χ4v) is 30.4. The molecule has 0 unspecified atom stereocenters.